The Labute approximate surface area is 137 Å². The first-order valence-electron chi connectivity index (χ1n) is 8.52. The second kappa shape index (κ2) is 8.95. The molecule has 3 heteroatoms. The lowest BCUT2D eigenvalue weighted by Crippen LogP contribution is -2.14. The van der Waals surface area contributed by atoms with Crippen LogP contribution < -0.4 is 0 Å². The number of benzene rings is 1. The number of unbranched alkanes of at least 4 members (excludes halogenated alkanes) is 2. The van der Waals surface area contributed by atoms with Crippen LogP contribution in [-0.2, 0) is 6.42 Å². The molecule has 2 rings (SSSR count). The van der Waals surface area contributed by atoms with Crippen LogP contribution in [0.3, 0.4) is 0 Å². The molecule has 0 saturated heterocycles. The van der Waals surface area contributed by atoms with Crippen LogP contribution in [0.4, 0.5) is 13.2 Å². The molecule has 0 heterocycles. The van der Waals surface area contributed by atoms with Gasteiger partial charge < -0.3 is 0 Å². The van der Waals surface area contributed by atoms with Crippen LogP contribution in [0.5, 0.6) is 0 Å². The highest BCUT2D eigenvalue weighted by Crippen LogP contribution is 2.40. The fraction of sp³-hybridized carbons (Fsp3) is 0.500. The van der Waals surface area contributed by atoms with Crippen LogP contribution in [0.25, 0.3) is 0 Å². The van der Waals surface area contributed by atoms with E-state index in [1.165, 1.54) is 17.5 Å². The fourth-order valence-corrected chi connectivity index (χ4v) is 3.41. The maximum absolute atomic E-state index is 13.3. The van der Waals surface area contributed by atoms with Gasteiger partial charge in [-0.3, -0.25) is 0 Å². The van der Waals surface area contributed by atoms with Crippen molar-refractivity contribution in [2.24, 2.45) is 5.92 Å². The summed E-state index contributed by atoms with van der Waals surface area (Å²) >= 11 is 0. The van der Waals surface area contributed by atoms with E-state index in [1.54, 1.807) is 0 Å². The molecule has 1 fully saturated rings. The Morgan fingerprint density at radius 1 is 1.00 bits per heavy atom. The molecular formula is C20H25F3. The van der Waals surface area contributed by atoms with Gasteiger partial charge in [0.05, 0.1) is 0 Å². The minimum Gasteiger partial charge on any atom is -0.206 e. The average molecular weight is 322 g/mol. The summed E-state index contributed by atoms with van der Waals surface area (Å²) in [6.07, 6.45) is 6.86. The zero-order valence-electron chi connectivity index (χ0n) is 13.5. The Morgan fingerprint density at radius 3 is 2.22 bits per heavy atom. The number of aryl methyl sites for hydroxylation is 1. The van der Waals surface area contributed by atoms with E-state index in [9.17, 15) is 13.2 Å². The summed E-state index contributed by atoms with van der Waals surface area (Å²) in [5, 5.41) is 0. The smallest absolute Gasteiger partial charge is 0.206 e. The molecule has 1 aromatic carbocycles. The molecule has 0 radical (unpaired) electrons. The lowest BCUT2D eigenvalue weighted by molar-refractivity contribution is 0.281. The van der Waals surface area contributed by atoms with Crippen LogP contribution in [0, 0.1) is 5.92 Å². The molecule has 23 heavy (non-hydrogen) atoms. The van der Waals surface area contributed by atoms with Gasteiger partial charge >= 0.3 is 6.08 Å². The molecule has 1 saturated carbocycles. The Bertz CT molecular complexity index is 518. The van der Waals surface area contributed by atoms with Gasteiger partial charge in [-0.1, -0.05) is 30.3 Å². The molecule has 0 atom stereocenters. The summed E-state index contributed by atoms with van der Waals surface area (Å²) in [4.78, 5) is 0. The molecule has 1 aliphatic rings. The van der Waals surface area contributed by atoms with Gasteiger partial charge in [-0.2, -0.15) is 8.78 Å². The van der Waals surface area contributed by atoms with E-state index >= 15 is 0 Å². The largest absolute Gasteiger partial charge is 0.301 e. The molecule has 0 aromatic heterocycles. The van der Waals surface area contributed by atoms with Crippen LogP contribution in [0.15, 0.2) is 48.8 Å². The predicted octanol–water partition coefficient (Wildman–Crippen LogP) is 6.94. The monoisotopic (exact) mass is 322 g/mol. The molecule has 0 bridgehead atoms. The van der Waals surface area contributed by atoms with E-state index in [0.29, 0.717) is 18.8 Å². The van der Waals surface area contributed by atoms with Gasteiger partial charge in [0.15, 0.2) is 5.83 Å². The number of hydrogen-bond acceptors (Lipinski definition) is 0. The third-order valence-corrected chi connectivity index (χ3v) is 4.84. The Balaban J connectivity index is 1.84. The zero-order chi connectivity index (χ0) is 16.7. The van der Waals surface area contributed by atoms with E-state index in [1.807, 2.05) is 6.08 Å². The summed E-state index contributed by atoms with van der Waals surface area (Å²) < 4.78 is 37.9. The second-order valence-electron chi connectivity index (χ2n) is 6.43. The van der Waals surface area contributed by atoms with Crippen molar-refractivity contribution >= 4 is 0 Å². The Kier molecular flexibility index (Phi) is 6.94. The highest BCUT2D eigenvalue weighted by molar-refractivity contribution is 5.26. The van der Waals surface area contributed by atoms with Crippen LogP contribution >= 0.6 is 0 Å². The van der Waals surface area contributed by atoms with Crippen molar-refractivity contribution in [3.05, 3.63) is 60.0 Å². The van der Waals surface area contributed by atoms with Gasteiger partial charge in [0.25, 0.3) is 0 Å². The minimum atomic E-state index is -2.14. The van der Waals surface area contributed by atoms with Crippen molar-refractivity contribution in [3.63, 3.8) is 0 Å². The van der Waals surface area contributed by atoms with Gasteiger partial charge in [-0.05, 0) is 68.4 Å². The van der Waals surface area contributed by atoms with Gasteiger partial charge in [-0.25, -0.2) is 4.39 Å². The fourth-order valence-electron chi connectivity index (χ4n) is 3.41. The van der Waals surface area contributed by atoms with E-state index in [2.05, 4.69) is 30.8 Å². The first-order chi connectivity index (χ1) is 11.1. The molecule has 0 nitrogen and oxygen atoms in total. The molecule has 0 N–H and O–H groups in total. The Morgan fingerprint density at radius 2 is 1.65 bits per heavy atom. The first kappa shape index (κ1) is 17.8. The molecular weight excluding hydrogens is 297 g/mol. The lowest BCUT2D eigenvalue weighted by Gasteiger charge is -2.27. The van der Waals surface area contributed by atoms with Crippen LogP contribution in [0.1, 0.15) is 62.0 Å². The lowest BCUT2D eigenvalue weighted by atomic mass is 9.78. The minimum absolute atomic E-state index is 0.372. The molecule has 126 valence electrons. The summed E-state index contributed by atoms with van der Waals surface area (Å²) in [6.45, 7) is 3.73. The number of halogens is 3. The highest BCUT2D eigenvalue weighted by Gasteiger charge is 2.27. The highest BCUT2D eigenvalue weighted by atomic mass is 19.3. The molecule has 0 aliphatic heterocycles. The van der Waals surface area contributed by atoms with Crippen molar-refractivity contribution in [1.82, 2.24) is 0 Å². The number of hydrogen-bond donors (Lipinski definition) is 0. The van der Waals surface area contributed by atoms with E-state index in [0.717, 1.165) is 32.1 Å². The predicted molar refractivity (Wildman–Crippen MR) is 89.2 cm³/mol. The van der Waals surface area contributed by atoms with Crippen molar-refractivity contribution in [1.29, 1.82) is 0 Å². The zero-order valence-corrected chi connectivity index (χ0v) is 13.5. The van der Waals surface area contributed by atoms with E-state index < -0.39 is 17.8 Å². The average Bonchev–Trinajstić information content (AvgIpc) is 2.59. The second-order valence-corrected chi connectivity index (χ2v) is 6.43. The number of allylic oxidation sites excluding steroid dienone is 2. The SMILES string of the molecule is C=CCCCCc1ccc(C2CCC(C(F)=C(F)F)CC2)cc1. The molecule has 0 spiro atoms. The van der Waals surface area contributed by atoms with Gasteiger partial charge in [0, 0.05) is 5.92 Å². The van der Waals surface area contributed by atoms with Gasteiger partial charge in [-0.15, -0.1) is 6.58 Å². The summed E-state index contributed by atoms with van der Waals surface area (Å²) in [6, 6.07) is 8.62. The Hall–Kier alpha value is -1.51. The maximum Gasteiger partial charge on any atom is 0.301 e. The standard InChI is InChI=1S/C20H25F3/c1-2-3-4-5-6-15-7-9-16(10-8-15)17-11-13-18(14-12-17)19(21)20(22)23/h2,7-10,17-18H,1,3-6,11-14H2. The summed E-state index contributed by atoms with van der Waals surface area (Å²) in [5.74, 6) is -1.41. The first-order valence-corrected chi connectivity index (χ1v) is 8.52. The summed E-state index contributed by atoms with van der Waals surface area (Å²) in [7, 11) is 0. The summed E-state index contributed by atoms with van der Waals surface area (Å²) in [5.41, 5.74) is 2.59. The molecule has 0 amide bonds. The van der Waals surface area contributed by atoms with Crippen molar-refractivity contribution < 1.29 is 13.2 Å². The quantitative estimate of drug-likeness (QED) is 0.377. The molecule has 0 unspecified atom stereocenters. The van der Waals surface area contributed by atoms with Crippen molar-refractivity contribution in [2.45, 2.75) is 57.3 Å². The number of rotatable bonds is 7. The van der Waals surface area contributed by atoms with Crippen LogP contribution in [-0.4, -0.2) is 0 Å². The maximum atomic E-state index is 13.3. The third-order valence-electron chi connectivity index (χ3n) is 4.84. The van der Waals surface area contributed by atoms with E-state index in [4.69, 9.17) is 0 Å². The molecule has 1 aromatic rings. The van der Waals surface area contributed by atoms with E-state index in [-0.39, 0.29) is 0 Å². The van der Waals surface area contributed by atoms with Crippen molar-refractivity contribution in [2.75, 3.05) is 0 Å². The van der Waals surface area contributed by atoms with Gasteiger partial charge in [0.1, 0.15) is 0 Å². The third kappa shape index (κ3) is 5.26. The molecule has 1 aliphatic carbocycles. The normalized spacial score (nSPS) is 21.0. The van der Waals surface area contributed by atoms with Crippen LogP contribution in [0.2, 0.25) is 0 Å². The van der Waals surface area contributed by atoms with Crippen molar-refractivity contribution in [3.8, 4) is 0 Å². The van der Waals surface area contributed by atoms with Gasteiger partial charge in [0.2, 0.25) is 0 Å². The topological polar surface area (TPSA) is 0 Å².